The summed E-state index contributed by atoms with van der Waals surface area (Å²) < 4.78 is 10.2. The van der Waals surface area contributed by atoms with Crippen LogP contribution in [-0.4, -0.2) is 42.4 Å². The number of hydrogen-bond acceptors (Lipinski definition) is 5. The summed E-state index contributed by atoms with van der Waals surface area (Å²) >= 11 is 0. The summed E-state index contributed by atoms with van der Waals surface area (Å²) in [6.07, 6.45) is 0.944. The molecule has 0 radical (unpaired) electrons. The van der Waals surface area contributed by atoms with Gasteiger partial charge in [0.05, 0.1) is 0 Å². The molecule has 0 aromatic carbocycles. The van der Waals surface area contributed by atoms with Gasteiger partial charge in [-0.15, -0.1) is 0 Å². The number of aromatic nitrogens is 2. The van der Waals surface area contributed by atoms with Gasteiger partial charge >= 0.3 is 0 Å². The molecule has 0 bridgehead atoms. The van der Waals surface area contributed by atoms with Gasteiger partial charge in [0.2, 0.25) is 5.89 Å². The lowest BCUT2D eigenvalue weighted by molar-refractivity contribution is 0.145. The second-order valence-electron chi connectivity index (χ2n) is 3.90. The van der Waals surface area contributed by atoms with E-state index in [1.807, 2.05) is 13.8 Å². The number of nitrogens with zero attached hydrogens (tertiary/aromatic N) is 3. The average molecular weight is 269 g/mol. The standard InChI is InChI=1S/C12H23N5O2/c1-4-13-12(14-7-6-8-18-5-2)15-9-11-16-10(3)19-17-11/h4-9H2,1-3H3,(H2,13,14,15). The monoisotopic (exact) mass is 269 g/mol. The van der Waals surface area contributed by atoms with Crippen molar-refractivity contribution >= 4 is 5.96 Å². The number of rotatable bonds is 8. The SMILES string of the molecule is CCNC(=NCc1noc(C)n1)NCCCOCC. The van der Waals surface area contributed by atoms with Crippen LogP contribution in [0.1, 0.15) is 32.0 Å². The van der Waals surface area contributed by atoms with E-state index >= 15 is 0 Å². The first-order valence-corrected chi connectivity index (χ1v) is 6.65. The zero-order valence-corrected chi connectivity index (χ0v) is 11.9. The molecule has 1 aromatic heterocycles. The third kappa shape index (κ3) is 6.76. The van der Waals surface area contributed by atoms with Crippen LogP contribution in [0.2, 0.25) is 0 Å². The Hall–Kier alpha value is -1.63. The van der Waals surface area contributed by atoms with Gasteiger partial charge in [-0.2, -0.15) is 4.98 Å². The Kier molecular flexibility index (Phi) is 7.57. The first-order chi connectivity index (χ1) is 9.26. The van der Waals surface area contributed by atoms with Crippen molar-refractivity contribution < 1.29 is 9.26 Å². The van der Waals surface area contributed by atoms with Crippen LogP contribution in [0, 0.1) is 6.92 Å². The van der Waals surface area contributed by atoms with Crippen molar-refractivity contribution in [2.24, 2.45) is 4.99 Å². The first kappa shape index (κ1) is 15.4. The molecule has 0 aliphatic rings. The van der Waals surface area contributed by atoms with E-state index < -0.39 is 0 Å². The summed E-state index contributed by atoms with van der Waals surface area (Å²) in [5, 5.41) is 10.2. The predicted octanol–water partition coefficient (Wildman–Crippen LogP) is 0.860. The van der Waals surface area contributed by atoms with Crippen molar-refractivity contribution in [2.75, 3.05) is 26.3 Å². The van der Waals surface area contributed by atoms with Gasteiger partial charge in [0.1, 0.15) is 6.54 Å². The van der Waals surface area contributed by atoms with Crippen LogP contribution in [0.5, 0.6) is 0 Å². The zero-order valence-electron chi connectivity index (χ0n) is 11.9. The Bertz CT molecular complexity index is 378. The molecular formula is C12H23N5O2. The van der Waals surface area contributed by atoms with E-state index in [9.17, 15) is 0 Å². The smallest absolute Gasteiger partial charge is 0.223 e. The van der Waals surface area contributed by atoms with E-state index in [1.165, 1.54) is 0 Å². The fraction of sp³-hybridized carbons (Fsp3) is 0.750. The Balaban J connectivity index is 2.33. The first-order valence-electron chi connectivity index (χ1n) is 6.65. The van der Waals surface area contributed by atoms with Crippen LogP contribution in [0.15, 0.2) is 9.52 Å². The summed E-state index contributed by atoms with van der Waals surface area (Å²) in [6.45, 7) is 9.31. The molecule has 108 valence electrons. The van der Waals surface area contributed by atoms with E-state index in [0.717, 1.165) is 38.7 Å². The van der Waals surface area contributed by atoms with Crippen LogP contribution in [-0.2, 0) is 11.3 Å². The highest BCUT2D eigenvalue weighted by molar-refractivity contribution is 5.79. The molecule has 7 nitrogen and oxygen atoms in total. The second-order valence-corrected chi connectivity index (χ2v) is 3.90. The van der Waals surface area contributed by atoms with Crippen LogP contribution in [0.4, 0.5) is 0 Å². The number of aliphatic imine (C=N–C) groups is 1. The van der Waals surface area contributed by atoms with Crippen molar-refractivity contribution in [1.82, 2.24) is 20.8 Å². The topological polar surface area (TPSA) is 84.6 Å². The van der Waals surface area contributed by atoms with E-state index in [0.29, 0.717) is 18.3 Å². The van der Waals surface area contributed by atoms with Crippen molar-refractivity contribution in [3.63, 3.8) is 0 Å². The molecule has 1 heterocycles. The molecule has 0 aliphatic heterocycles. The molecule has 0 fully saturated rings. The van der Waals surface area contributed by atoms with E-state index in [4.69, 9.17) is 9.26 Å². The van der Waals surface area contributed by atoms with E-state index in [2.05, 4.69) is 25.8 Å². The summed E-state index contributed by atoms with van der Waals surface area (Å²) in [7, 11) is 0. The van der Waals surface area contributed by atoms with Crippen molar-refractivity contribution in [1.29, 1.82) is 0 Å². The highest BCUT2D eigenvalue weighted by Gasteiger charge is 2.02. The van der Waals surface area contributed by atoms with Crippen LogP contribution in [0.25, 0.3) is 0 Å². The molecule has 0 saturated carbocycles. The van der Waals surface area contributed by atoms with Gasteiger partial charge in [-0.05, 0) is 20.3 Å². The summed E-state index contributed by atoms with van der Waals surface area (Å²) in [5.74, 6) is 1.89. The molecule has 19 heavy (non-hydrogen) atoms. The van der Waals surface area contributed by atoms with Crippen molar-refractivity contribution in [3.8, 4) is 0 Å². The fourth-order valence-corrected chi connectivity index (χ4v) is 1.42. The number of aryl methyl sites for hydroxylation is 1. The zero-order chi connectivity index (χ0) is 13.9. The van der Waals surface area contributed by atoms with Crippen molar-refractivity contribution in [3.05, 3.63) is 11.7 Å². The summed E-state index contributed by atoms with van der Waals surface area (Å²) in [6, 6.07) is 0. The fourth-order valence-electron chi connectivity index (χ4n) is 1.42. The van der Waals surface area contributed by atoms with Gasteiger partial charge in [0.15, 0.2) is 11.8 Å². The maximum atomic E-state index is 5.27. The molecular weight excluding hydrogens is 246 g/mol. The molecule has 0 spiro atoms. The van der Waals surface area contributed by atoms with E-state index in [-0.39, 0.29) is 0 Å². The average Bonchev–Trinajstić information content (AvgIpc) is 2.81. The highest BCUT2D eigenvalue weighted by atomic mass is 16.5. The molecule has 2 N–H and O–H groups in total. The maximum absolute atomic E-state index is 5.27. The molecule has 0 aliphatic carbocycles. The van der Waals surface area contributed by atoms with Crippen molar-refractivity contribution in [2.45, 2.75) is 33.7 Å². The van der Waals surface area contributed by atoms with Gasteiger partial charge in [-0.25, -0.2) is 4.99 Å². The quantitative estimate of drug-likeness (QED) is 0.414. The largest absolute Gasteiger partial charge is 0.382 e. The third-order valence-electron chi connectivity index (χ3n) is 2.25. The highest BCUT2D eigenvalue weighted by Crippen LogP contribution is 1.96. The van der Waals surface area contributed by atoms with Crippen LogP contribution < -0.4 is 10.6 Å². The van der Waals surface area contributed by atoms with Gasteiger partial charge in [-0.3, -0.25) is 0 Å². The molecule has 0 saturated heterocycles. The number of guanidine groups is 1. The minimum Gasteiger partial charge on any atom is -0.382 e. The molecule has 1 aromatic rings. The molecule has 7 heteroatoms. The molecule has 0 unspecified atom stereocenters. The lowest BCUT2D eigenvalue weighted by Crippen LogP contribution is -2.38. The normalized spacial score (nSPS) is 11.6. The van der Waals surface area contributed by atoms with Gasteiger partial charge in [0.25, 0.3) is 0 Å². The Labute approximate surface area is 113 Å². The van der Waals surface area contributed by atoms with Gasteiger partial charge in [0, 0.05) is 33.2 Å². The second kappa shape index (κ2) is 9.32. The Morgan fingerprint density at radius 3 is 2.84 bits per heavy atom. The minimum atomic E-state index is 0.401. The number of ether oxygens (including phenoxy) is 1. The molecule has 1 rings (SSSR count). The third-order valence-corrected chi connectivity index (χ3v) is 2.25. The summed E-state index contributed by atoms with van der Waals surface area (Å²) in [4.78, 5) is 8.49. The van der Waals surface area contributed by atoms with Crippen LogP contribution >= 0.6 is 0 Å². The Morgan fingerprint density at radius 1 is 1.37 bits per heavy atom. The lowest BCUT2D eigenvalue weighted by atomic mass is 10.4. The lowest BCUT2D eigenvalue weighted by Gasteiger charge is -2.10. The van der Waals surface area contributed by atoms with Crippen LogP contribution in [0.3, 0.4) is 0 Å². The summed E-state index contributed by atoms with van der Waals surface area (Å²) in [5.41, 5.74) is 0. The van der Waals surface area contributed by atoms with Gasteiger partial charge in [-0.1, -0.05) is 5.16 Å². The predicted molar refractivity (Wildman–Crippen MR) is 73.0 cm³/mol. The number of nitrogens with one attached hydrogen (secondary N) is 2. The van der Waals surface area contributed by atoms with E-state index in [1.54, 1.807) is 6.92 Å². The minimum absolute atomic E-state index is 0.401. The Morgan fingerprint density at radius 2 is 2.21 bits per heavy atom. The van der Waals surface area contributed by atoms with Gasteiger partial charge < -0.3 is 19.9 Å². The number of hydrogen-bond donors (Lipinski definition) is 2. The molecule has 0 amide bonds. The molecule has 0 atom stereocenters. The maximum Gasteiger partial charge on any atom is 0.223 e.